The van der Waals surface area contributed by atoms with Gasteiger partial charge in [0.25, 0.3) is 0 Å². The first-order chi connectivity index (χ1) is 7.47. The highest BCUT2D eigenvalue weighted by Gasteiger charge is 2.22. The molecule has 1 aromatic carbocycles. The maximum Gasteiger partial charge on any atom is 0.191 e. The first-order valence-electron chi connectivity index (χ1n) is 5.61. The number of benzene rings is 1. The molecule has 0 aliphatic rings. The molecule has 1 rings (SSSR count). The van der Waals surface area contributed by atoms with E-state index in [0.29, 0.717) is 0 Å². The van der Waals surface area contributed by atoms with Crippen LogP contribution in [0, 0.1) is 19.8 Å². The highest BCUT2D eigenvalue weighted by Crippen LogP contribution is 2.16. The van der Waals surface area contributed by atoms with Crippen LogP contribution in [0.15, 0.2) is 18.2 Å². The van der Waals surface area contributed by atoms with Crippen LogP contribution in [0.4, 0.5) is 0 Å². The Morgan fingerprint density at radius 1 is 1.19 bits per heavy atom. The van der Waals surface area contributed by atoms with E-state index in [4.69, 9.17) is 4.74 Å². The average Bonchev–Trinajstić information content (AvgIpc) is 2.22. The van der Waals surface area contributed by atoms with Crippen LogP contribution < -0.4 is 0 Å². The number of rotatable bonds is 4. The number of aryl methyl sites for hydroxylation is 2. The molecule has 16 heavy (non-hydrogen) atoms. The molecule has 1 unspecified atom stereocenters. The summed E-state index contributed by atoms with van der Waals surface area (Å²) in [6.45, 7) is 8.05. The highest BCUT2D eigenvalue weighted by atomic mass is 16.5. The second-order valence-corrected chi connectivity index (χ2v) is 4.56. The number of carbonyl (C=O) groups excluding carboxylic acids is 1. The van der Waals surface area contributed by atoms with Crippen LogP contribution in [-0.4, -0.2) is 19.0 Å². The second kappa shape index (κ2) is 5.26. The van der Waals surface area contributed by atoms with E-state index >= 15 is 0 Å². The lowest BCUT2D eigenvalue weighted by atomic mass is 9.95. The molecule has 0 radical (unpaired) electrons. The van der Waals surface area contributed by atoms with Crippen LogP contribution in [-0.2, 0) is 4.74 Å². The fraction of sp³-hybridized carbons (Fsp3) is 0.500. The van der Waals surface area contributed by atoms with Gasteiger partial charge in [-0.1, -0.05) is 26.0 Å². The lowest BCUT2D eigenvalue weighted by Crippen LogP contribution is -2.28. The normalized spacial score (nSPS) is 12.9. The van der Waals surface area contributed by atoms with Gasteiger partial charge in [0.05, 0.1) is 0 Å². The minimum atomic E-state index is -0.345. The molecule has 0 fully saturated rings. The number of Topliss-reactive ketones (excluding diaryl/α,β-unsaturated/α-hetero) is 1. The molecular weight excluding hydrogens is 200 g/mol. The number of hydrogen-bond acceptors (Lipinski definition) is 2. The molecule has 0 saturated heterocycles. The van der Waals surface area contributed by atoms with Crippen molar-refractivity contribution in [1.82, 2.24) is 0 Å². The molecule has 0 bridgehead atoms. The van der Waals surface area contributed by atoms with Crippen molar-refractivity contribution >= 4 is 5.78 Å². The van der Waals surface area contributed by atoms with Gasteiger partial charge in [0.1, 0.15) is 6.10 Å². The molecule has 2 heteroatoms. The molecule has 2 nitrogen and oxygen atoms in total. The number of carbonyl (C=O) groups is 1. The molecule has 0 saturated carbocycles. The number of ketones is 1. The number of hydrogen-bond donors (Lipinski definition) is 0. The summed E-state index contributed by atoms with van der Waals surface area (Å²) < 4.78 is 5.25. The van der Waals surface area contributed by atoms with E-state index in [0.717, 1.165) is 11.1 Å². The summed E-state index contributed by atoms with van der Waals surface area (Å²) >= 11 is 0. The Bertz CT molecular complexity index is 380. The Hall–Kier alpha value is -1.15. The van der Waals surface area contributed by atoms with Gasteiger partial charge < -0.3 is 4.74 Å². The summed E-state index contributed by atoms with van der Waals surface area (Å²) in [5.74, 6) is 0.264. The minimum absolute atomic E-state index is 0.0700. The molecule has 0 N–H and O–H groups in total. The van der Waals surface area contributed by atoms with Crippen molar-refractivity contribution in [2.24, 2.45) is 5.92 Å². The van der Waals surface area contributed by atoms with Gasteiger partial charge in [-0.05, 0) is 37.0 Å². The van der Waals surface area contributed by atoms with E-state index in [9.17, 15) is 4.79 Å². The molecule has 0 heterocycles. The minimum Gasteiger partial charge on any atom is -0.373 e. The second-order valence-electron chi connectivity index (χ2n) is 4.56. The van der Waals surface area contributed by atoms with Crippen molar-refractivity contribution in [3.8, 4) is 0 Å². The SMILES string of the molecule is COC(C(=O)c1ccc(C)c(C)c1)C(C)C. The quantitative estimate of drug-likeness (QED) is 0.729. The lowest BCUT2D eigenvalue weighted by molar-refractivity contribution is 0.0458. The molecule has 0 aliphatic carbocycles. The van der Waals surface area contributed by atoms with Crippen LogP contribution in [0.1, 0.15) is 35.3 Å². The molecular formula is C14H20O2. The molecule has 88 valence electrons. The predicted molar refractivity (Wildman–Crippen MR) is 65.9 cm³/mol. The topological polar surface area (TPSA) is 26.3 Å². The third kappa shape index (κ3) is 2.70. The van der Waals surface area contributed by atoms with Gasteiger partial charge in [0.2, 0.25) is 0 Å². The fourth-order valence-corrected chi connectivity index (χ4v) is 1.74. The third-order valence-corrected chi connectivity index (χ3v) is 2.91. The van der Waals surface area contributed by atoms with Gasteiger partial charge in [0, 0.05) is 12.7 Å². The van der Waals surface area contributed by atoms with E-state index in [2.05, 4.69) is 0 Å². The van der Waals surface area contributed by atoms with E-state index < -0.39 is 0 Å². The van der Waals surface area contributed by atoms with Crippen molar-refractivity contribution in [3.63, 3.8) is 0 Å². The summed E-state index contributed by atoms with van der Waals surface area (Å²) in [4.78, 5) is 12.2. The van der Waals surface area contributed by atoms with Gasteiger partial charge in [0.15, 0.2) is 5.78 Å². The molecule has 1 aromatic rings. The van der Waals surface area contributed by atoms with Crippen molar-refractivity contribution in [3.05, 3.63) is 34.9 Å². The van der Waals surface area contributed by atoms with E-state index in [1.807, 2.05) is 45.9 Å². The Balaban J connectivity index is 2.99. The largest absolute Gasteiger partial charge is 0.373 e. The van der Waals surface area contributed by atoms with E-state index in [-0.39, 0.29) is 17.8 Å². The van der Waals surface area contributed by atoms with E-state index in [1.165, 1.54) is 5.56 Å². The first-order valence-corrected chi connectivity index (χ1v) is 5.61. The summed E-state index contributed by atoms with van der Waals surface area (Å²) in [7, 11) is 1.59. The van der Waals surface area contributed by atoms with Gasteiger partial charge in [-0.25, -0.2) is 0 Å². The summed E-state index contributed by atoms with van der Waals surface area (Å²) in [6, 6.07) is 5.79. The summed E-state index contributed by atoms with van der Waals surface area (Å²) in [5, 5.41) is 0. The zero-order valence-electron chi connectivity index (χ0n) is 10.7. The van der Waals surface area contributed by atoms with Gasteiger partial charge in [-0.15, -0.1) is 0 Å². The maximum atomic E-state index is 12.2. The van der Waals surface area contributed by atoms with Gasteiger partial charge >= 0.3 is 0 Å². The van der Waals surface area contributed by atoms with Crippen LogP contribution in [0.25, 0.3) is 0 Å². The van der Waals surface area contributed by atoms with Crippen LogP contribution in [0.3, 0.4) is 0 Å². The maximum absolute atomic E-state index is 12.2. The molecule has 0 aliphatic heterocycles. The Kier molecular flexibility index (Phi) is 4.25. The first kappa shape index (κ1) is 12.9. The highest BCUT2D eigenvalue weighted by molar-refractivity contribution is 5.99. The molecule has 0 amide bonds. The fourth-order valence-electron chi connectivity index (χ4n) is 1.74. The Morgan fingerprint density at radius 3 is 2.25 bits per heavy atom. The van der Waals surface area contributed by atoms with Crippen LogP contribution >= 0.6 is 0 Å². The predicted octanol–water partition coefficient (Wildman–Crippen LogP) is 3.16. The Morgan fingerprint density at radius 2 is 1.81 bits per heavy atom. The van der Waals surface area contributed by atoms with Crippen molar-refractivity contribution in [2.75, 3.05) is 7.11 Å². The Labute approximate surface area is 97.6 Å². The standard InChI is InChI=1S/C14H20O2/c1-9(2)14(16-5)13(15)12-7-6-10(3)11(4)8-12/h6-9,14H,1-5H3. The number of methoxy groups -OCH3 is 1. The number of ether oxygens (including phenoxy) is 1. The van der Waals surface area contributed by atoms with Crippen LogP contribution in [0.5, 0.6) is 0 Å². The average molecular weight is 220 g/mol. The smallest absolute Gasteiger partial charge is 0.191 e. The summed E-state index contributed by atoms with van der Waals surface area (Å²) in [6.07, 6.45) is -0.345. The van der Waals surface area contributed by atoms with Crippen molar-refractivity contribution in [1.29, 1.82) is 0 Å². The van der Waals surface area contributed by atoms with Gasteiger partial charge in [-0.2, -0.15) is 0 Å². The monoisotopic (exact) mass is 220 g/mol. The zero-order valence-corrected chi connectivity index (χ0v) is 10.7. The van der Waals surface area contributed by atoms with Crippen molar-refractivity contribution < 1.29 is 9.53 Å². The zero-order chi connectivity index (χ0) is 12.3. The third-order valence-electron chi connectivity index (χ3n) is 2.91. The van der Waals surface area contributed by atoms with Gasteiger partial charge in [-0.3, -0.25) is 4.79 Å². The molecule has 0 aromatic heterocycles. The summed E-state index contributed by atoms with van der Waals surface area (Å²) in [5.41, 5.74) is 3.09. The molecule has 0 spiro atoms. The lowest BCUT2D eigenvalue weighted by Gasteiger charge is -2.18. The van der Waals surface area contributed by atoms with Crippen LogP contribution in [0.2, 0.25) is 0 Å². The van der Waals surface area contributed by atoms with E-state index in [1.54, 1.807) is 7.11 Å². The molecule has 1 atom stereocenters. The van der Waals surface area contributed by atoms with Crippen molar-refractivity contribution in [2.45, 2.75) is 33.8 Å².